The van der Waals surface area contributed by atoms with Gasteiger partial charge in [-0.2, -0.15) is 0 Å². The minimum Gasteiger partial charge on any atom is -0.507 e. The molecule has 464 valence electrons. The SMILES string of the molecule is CCN(CC)c1ccc(C(=O)c2ccc(C(=O)c3ccc(C(=O)c4ccc(N(CC)CC)cc4O)cc3N3CCN(c4cc(C(=O)c5ccc(N(CC)CC)cc5O)ccc4C(=O)c4ccc(C(=O)c5ccc(N(CC)CC)cc5O)cc4)CC3)cc2)c(O)c1. The number of ketones is 6. The second-order valence-electron chi connectivity index (χ2n) is 22.1. The van der Waals surface area contributed by atoms with Crippen molar-refractivity contribution in [2.24, 2.45) is 0 Å². The first-order valence-corrected chi connectivity index (χ1v) is 31.0. The molecule has 0 atom stereocenters. The van der Waals surface area contributed by atoms with Crippen LogP contribution >= 0.6 is 0 Å². The summed E-state index contributed by atoms with van der Waals surface area (Å²) in [6, 6.07) is 41.8. The lowest BCUT2D eigenvalue weighted by Gasteiger charge is -2.39. The van der Waals surface area contributed by atoms with Crippen molar-refractivity contribution in [2.45, 2.75) is 55.4 Å². The standard InChI is InChI=1S/C74H78N6O10/c1-9-75(10-2)53-27-33-59(65(81)43-53)71(87)49-21-17-47(18-22-49)69(85)57-31-25-51(73(89)61-35-29-55(45-67(61)83)77(13-5)14-6)41-63(57)79-37-39-80(40-38-79)64-42-52(74(90)62-36-30-56(46-68(62)84)78(15-7)16-8)26-32-58(64)70(86)48-19-23-50(24-20-48)72(88)60-34-28-54(44-66(60)82)76(11-3)12-4/h17-36,41-46,81-84H,9-16,37-40H2,1-8H3. The van der Waals surface area contributed by atoms with E-state index in [2.05, 4.69) is 19.6 Å². The monoisotopic (exact) mass is 1210 g/mol. The fourth-order valence-corrected chi connectivity index (χ4v) is 11.9. The summed E-state index contributed by atoms with van der Waals surface area (Å²) in [5.41, 5.74) is 6.32. The summed E-state index contributed by atoms with van der Waals surface area (Å²) in [6.07, 6.45) is 0. The molecule has 0 amide bonds. The van der Waals surface area contributed by atoms with E-state index < -0.39 is 34.7 Å². The second kappa shape index (κ2) is 28.3. The third-order valence-electron chi connectivity index (χ3n) is 17.2. The summed E-state index contributed by atoms with van der Waals surface area (Å²) in [7, 11) is 0. The van der Waals surface area contributed by atoms with Crippen LogP contribution in [0.5, 0.6) is 23.0 Å². The maximum Gasteiger partial charge on any atom is 0.196 e. The van der Waals surface area contributed by atoms with Crippen LogP contribution < -0.4 is 29.4 Å². The molecule has 90 heavy (non-hydrogen) atoms. The van der Waals surface area contributed by atoms with Crippen molar-refractivity contribution < 1.29 is 49.2 Å². The number of anilines is 6. The van der Waals surface area contributed by atoms with Crippen LogP contribution in [0.2, 0.25) is 0 Å². The largest absolute Gasteiger partial charge is 0.507 e. The molecule has 1 fully saturated rings. The highest BCUT2D eigenvalue weighted by Crippen LogP contribution is 2.36. The molecule has 16 heteroatoms. The number of piperazine rings is 1. The van der Waals surface area contributed by atoms with Gasteiger partial charge in [-0.05, 0) is 128 Å². The van der Waals surface area contributed by atoms with Crippen LogP contribution in [0.25, 0.3) is 0 Å². The quantitative estimate of drug-likeness (QED) is 0.0373. The molecule has 1 aliphatic heterocycles. The summed E-state index contributed by atoms with van der Waals surface area (Å²) in [5.74, 6) is -3.27. The third-order valence-corrected chi connectivity index (χ3v) is 17.2. The Bertz CT molecular complexity index is 3730. The summed E-state index contributed by atoms with van der Waals surface area (Å²) in [4.78, 5) is 98.5. The third kappa shape index (κ3) is 13.3. The number of aromatic hydroxyl groups is 4. The second-order valence-corrected chi connectivity index (χ2v) is 22.1. The Morgan fingerprint density at radius 1 is 0.278 bits per heavy atom. The Hall–Kier alpha value is -10.2. The van der Waals surface area contributed by atoms with Gasteiger partial charge in [0.25, 0.3) is 0 Å². The summed E-state index contributed by atoms with van der Waals surface area (Å²) in [6.45, 7) is 22.7. The molecule has 8 aromatic carbocycles. The van der Waals surface area contributed by atoms with Gasteiger partial charge in [-0.3, -0.25) is 28.8 Å². The highest BCUT2D eigenvalue weighted by Gasteiger charge is 2.30. The van der Waals surface area contributed by atoms with E-state index in [1.807, 2.05) is 65.2 Å². The molecule has 0 unspecified atom stereocenters. The van der Waals surface area contributed by atoms with Gasteiger partial charge in [0.15, 0.2) is 34.7 Å². The van der Waals surface area contributed by atoms with Crippen LogP contribution in [-0.4, -0.2) is 134 Å². The first-order chi connectivity index (χ1) is 43.4. The zero-order chi connectivity index (χ0) is 64.5. The van der Waals surface area contributed by atoms with Crippen molar-refractivity contribution in [1.29, 1.82) is 0 Å². The summed E-state index contributed by atoms with van der Waals surface area (Å²) >= 11 is 0. The van der Waals surface area contributed by atoms with Gasteiger partial charge in [0, 0.05) is 181 Å². The first kappa shape index (κ1) is 64.3. The topological polar surface area (TPSA) is 203 Å². The molecule has 1 heterocycles. The Morgan fingerprint density at radius 2 is 0.467 bits per heavy atom. The molecule has 0 aromatic heterocycles. The average Bonchev–Trinajstić information content (AvgIpc) is 0.831. The van der Waals surface area contributed by atoms with Gasteiger partial charge >= 0.3 is 0 Å². The molecule has 1 aliphatic rings. The average molecular weight is 1210 g/mol. The molecule has 16 nitrogen and oxygen atoms in total. The van der Waals surface area contributed by atoms with Crippen molar-refractivity contribution in [3.05, 3.63) is 224 Å². The minimum atomic E-state index is -0.466. The number of hydrogen-bond donors (Lipinski definition) is 4. The van der Waals surface area contributed by atoms with Gasteiger partial charge in [-0.25, -0.2) is 0 Å². The van der Waals surface area contributed by atoms with E-state index in [0.29, 0.717) is 37.6 Å². The van der Waals surface area contributed by atoms with Gasteiger partial charge in [-0.15, -0.1) is 0 Å². The lowest BCUT2D eigenvalue weighted by molar-refractivity contribution is 0.102. The van der Waals surface area contributed by atoms with Crippen LogP contribution in [0, 0.1) is 0 Å². The van der Waals surface area contributed by atoms with Gasteiger partial charge in [-0.1, -0.05) is 60.7 Å². The van der Waals surface area contributed by atoms with Crippen LogP contribution in [0.3, 0.4) is 0 Å². The lowest BCUT2D eigenvalue weighted by Crippen LogP contribution is -2.47. The fourth-order valence-electron chi connectivity index (χ4n) is 11.9. The highest BCUT2D eigenvalue weighted by molar-refractivity contribution is 6.18. The van der Waals surface area contributed by atoms with E-state index in [4.69, 9.17) is 0 Å². The molecule has 0 radical (unpaired) electrons. The van der Waals surface area contributed by atoms with Crippen LogP contribution in [-0.2, 0) is 0 Å². The number of carbonyl (C=O) groups is 6. The van der Waals surface area contributed by atoms with Gasteiger partial charge in [0.2, 0.25) is 0 Å². The zero-order valence-electron chi connectivity index (χ0n) is 52.4. The normalized spacial score (nSPS) is 12.1. The van der Waals surface area contributed by atoms with E-state index in [1.165, 1.54) is 0 Å². The number of nitrogens with zero attached hydrogens (tertiary/aromatic N) is 6. The molecule has 4 N–H and O–H groups in total. The van der Waals surface area contributed by atoms with Crippen LogP contribution in [0.1, 0.15) is 151 Å². The lowest BCUT2D eigenvalue weighted by atomic mass is 9.93. The van der Waals surface area contributed by atoms with Gasteiger partial charge < -0.3 is 49.8 Å². The molecule has 0 saturated carbocycles. The molecule has 0 bridgehead atoms. The van der Waals surface area contributed by atoms with Crippen LogP contribution in [0.4, 0.5) is 34.1 Å². The Morgan fingerprint density at radius 3 is 0.678 bits per heavy atom. The van der Waals surface area contributed by atoms with E-state index in [-0.39, 0.29) is 116 Å². The minimum absolute atomic E-state index is 0.0794. The van der Waals surface area contributed by atoms with Crippen molar-refractivity contribution in [3.63, 3.8) is 0 Å². The number of phenolic OH excluding ortho intramolecular Hbond substituents is 4. The van der Waals surface area contributed by atoms with E-state index >= 15 is 0 Å². The van der Waals surface area contributed by atoms with Gasteiger partial charge in [0.05, 0.1) is 22.3 Å². The molecule has 1 saturated heterocycles. The first-order valence-electron chi connectivity index (χ1n) is 31.0. The maximum absolute atomic E-state index is 14.9. The number of phenols is 4. The molecule has 0 spiro atoms. The van der Waals surface area contributed by atoms with E-state index in [0.717, 1.165) is 48.9 Å². The van der Waals surface area contributed by atoms with E-state index in [1.54, 1.807) is 158 Å². The smallest absolute Gasteiger partial charge is 0.196 e. The molecule has 8 aromatic rings. The molecular weight excluding hydrogens is 1130 g/mol. The molecule has 9 rings (SSSR count). The Kier molecular flexibility index (Phi) is 20.2. The highest BCUT2D eigenvalue weighted by atomic mass is 16.3. The number of rotatable bonds is 26. The maximum atomic E-state index is 14.9. The predicted octanol–water partition coefficient (Wildman–Crippen LogP) is 12.6. The fraction of sp³-hybridized carbons (Fsp3) is 0.270. The Labute approximate surface area is 526 Å². The van der Waals surface area contributed by atoms with Crippen molar-refractivity contribution >= 4 is 68.8 Å². The number of hydrogen-bond acceptors (Lipinski definition) is 16. The Balaban J connectivity index is 1.05. The zero-order valence-corrected chi connectivity index (χ0v) is 52.4. The molecule has 0 aliphatic carbocycles. The van der Waals surface area contributed by atoms with Crippen molar-refractivity contribution in [3.8, 4) is 23.0 Å². The van der Waals surface area contributed by atoms with Crippen LogP contribution in [0.15, 0.2) is 158 Å². The number of benzene rings is 8. The predicted molar refractivity (Wildman–Crippen MR) is 357 cm³/mol. The summed E-state index contributed by atoms with van der Waals surface area (Å²) < 4.78 is 0. The van der Waals surface area contributed by atoms with Gasteiger partial charge in [0.1, 0.15) is 23.0 Å². The summed E-state index contributed by atoms with van der Waals surface area (Å²) in [5, 5.41) is 44.6. The molecular formula is C74H78N6O10. The van der Waals surface area contributed by atoms with Crippen molar-refractivity contribution in [1.82, 2.24) is 0 Å². The van der Waals surface area contributed by atoms with E-state index in [9.17, 15) is 49.2 Å². The van der Waals surface area contributed by atoms with Crippen molar-refractivity contribution in [2.75, 3.05) is 108 Å². The number of carbonyl (C=O) groups excluding carboxylic acids is 6.